The van der Waals surface area contributed by atoms with Crippen LogP contribution < -0.4 is 5.32 Å². The van der Waals surface area contributed by atoms with E-state index in [1.165, 1.54) is 44.9 Å². The Bertz CT molecular complexity index is 691. The Hall–Kier alpha value is -1.92. The van der Waals surface area contributed by atoms with E-state index in [0.29, 0.717) is 18.7 Å². The van der Waals surface area contributed by atoms with Gasteiger partial charge in [0.25, 0.3) is 5.91 Å². The predicted molar refractivity (Wildman–Crippen MR) is 110 cm³/mol. The van der Waals surface area contributed by atoms with Gasteiger partial charge in [-0.25, -0.2) is 4.68 Å². The Morgan fingerprint density at radius 3 is 2.55 bits per heavy atom. The summed E-state index contributed by atoms with van der Waals surface area (Å²) in [6.07, 6.45) is 16.6. The first kappa shape index (κ1) is 20.4. The van der Waals surface area contributed by atoms with Crippen molar-refractivity contribution in [2.45, 2.75) is 102 Å². The molecule has 29 heavy (non-hydrogen) atoms. The minimum Gasteiger partial charge on any atom is -0.348 e. The van der Waals surface area contributed by atoms with Crippen molar-refractivity contribution < 1.29 is 9.59 Å². The Kier molecular flexibility index (Phi) is 6.82. The average Bonchev–Trinajstić information content (AvgIpc) is 3.49. The standard InChI is InChI=1S/C22H35N5O2/c28-21(13-12-17-7-2-1-3-8-17)27-14-6-11-19(27)15-26-16-20(24-25-26)22(29)23-18-9-4-5-10-18/h16-19H,1-15H2,(H,23,29)/t19-/m0/s1. The zero-order chi connectivity index (χ0) is 20.1. The van der Waals surface area contributed by atoms with Gasteiger partial charge >= 0.3 is 0 Å². The summed E-state index contributed by atoms with van der Waals surface area (Å²) >= 11 is 0. The molecule has 1 atom stereocenters. The van der Waals surface area contributed by atoms with Crippen LogP contribution in [0.2, 0.25) is 0 Å². The molecular formula is C22H35N5O2. The van der Waals surface area contributed by atoms with Gasteiger partial charge in [0.2, 0.25) is 5.91 Å². The van der Waals surface area contributed by atoms with E-state index in [0.717, 1.165) is 44.6 Å². The Balaban J connectivity index is 1.27. The Labute approximate surface area is 173 Å². The summed E-state index contributed by atoms with van der Waals surface area (Å²) in [5.74, 6) is 0.900. The van der Waals surface area contributed by atoms with Crippen LogP contribution in [0.1, 0.15) is 94.0 Å². The second kappa shape index (κ2) is 9.72. The molecule has 0 unspecified atom stereocenters. The van der Waals surface area contributed by atoms with Crippen molar-refractivity contribution >= 4 is 11.8 Å². The van der Waals surface area contributed by atoms with Crippen molar-refractivity contribution in [1.82, 2.24) is 25.2 Å². The second-order valence-corrected chi connectivity index (χ2v) is 9.21. The molecule has 3 aliphatic rings. The Morgan fingerprint density at radius 2 is 1.76 bits per heavy atom. The van der Waals surface area contributed by atoms with Crippen LogP contribution in [0.5, 0.6) is 0 Å². The van der Waals surface area contributed by atoms with E-state index in [1.807, 2.05) is 4.90 Å². The van der Waals surface area contributed by atoms with Gasteiger partial charge in [0.05, 0.1) is 18.8 Å². The molecule has 7 heteroatoms. The third-order valence-corrected chi connectivity index (χ3v) is 7.05. The van der Waals surface area contributed by atoms with Crippen LogP contribution in [0, 0.1) is 5.92 Å². The zero-order valence-corrected chi connectivity index (χ0v) is 17.5. The van der Waals surface area contributed by atoms with Crippen LogP contribution in [0.3, 0.4) is 0 Å². The maximum atomic E-state index is 12.8. The van der Waals surface area contributed by atoms with Gasteiger partial charge in [0.1, 0.15) is 0 Å². The number of hydrogen-bond acceptors (Lipinski definition) is 4. The highest BCUT2D eigenvalue weighted by molar-refractivity contribution is 5.92. The minimum absolute atomic E-state index is 0.130. The molecule has 0 radical (unpaired) electrons. The fraction of sp³-hybridized carbons (Fsp3) is 0.818. The van der Waals surface area contributed by atoms with Gasteiger partial charge in [0, 0.05) is 19.0 Å². The molecule has 2 heterocycles. The molecule has 1 saturated heterocycles. The third-order valence-electron chi connectivity index (χ3n) is 7.05. The van der Waals surface area contributed by atoms with Gasteiger partial charge < -0.3 is 10.2 Å². The number of hydrogen-bond donors (Lipinski definition) is 1. The lowest BCUT2D eigenvalue weighted by atomic mass is 9.86. The number of carbonyl (C=O) groups excluding carboxylic acids is 2. The number of nitrogens with zero attached hydrogens (tertiary/aromatic N) is 4. The molecular weight excluding hydrogens is 366 g/mol. The molecule has 1 aliphatic heterocycles. The second-order valence-electron chi connectivity index (χ2n) is 9.21. The molecule has 2 amide bonds. The fourth-order valence-corrected chi connectivity index (χ4v) is 5.34. The predicted octanol–water partition coefficient (Wildman–Crippen LogP) is 3.30. The van der Waals surface area contributed by atoms with Crippen LogP contribution >= 0.6 is 0 Å². The monoisotopic (exact) mass is 401 g/mol. The highest BCUT2D eigenvalue weighted by atomic mass is 16.2. The molecule has 1 aromatic rings. The lowest BCUT2D eigenvalue weighted by Crippen LogP contribution is -2.38. The van der Waals surface area contributed by atoms with Crippen molar-refractivity contribution in [3.05, 3.63) is 11.9 Å². The molecule has 2 saturated carbocycles. The number of rotatable bonds is 7. The molecule has 0 aromatic carbocycles. The quantitative estimate of drug-likeness (QED) is 0.760. The molecule has 1 aromatic heterocycles. The highest BCUT2D eigenvalue weighted by Gasteiger charge is 2.30. The van der Waals surface area contributed by atoms with Crippen molar-refractivity contribution in [3.8, 4) is 0 Å². The molecule has 160 valence electrons. The SMILES string of the molecule is O=C(NC1CCCC1)c1cn(C[C@@H]2CCCN2C(=O)CCC2CCCCC2)nn1. The summed E-state index contributed by atoms with van der Waals surface area (Å²) in [6, 6.07) is 0.445. The van der Waals surface area contributed by atoms with Crippen molar-refractivity contribution in [3.63, 3.8) is 0 Å². The first-order valence-electron chi connectivity index (χ1n) is 11.7. The van der Waals surface area contributed by atoms with Gasteiger partial charge in [-0.05, 0) is 38.0 Å². The molecule has 2 aliphatic carbocycles. The van der Waals surface area contributed by atoms with Gasteiger partial charge in [0.15, 0.2) is 5.69 Å². The van der Waals surface area contributed by atoms with Crippen molar-refractivity contribution in [2.24, 2.45) is 5.92 Å². The summed E-state index contributed by atoms with van der Waals surface area (Å²) in [5.41, 5.74) is 0.380. The lowest BCUT2D eigenvalue weighted by Gasteiger charge is -2.26. The van der Waals surface area contributed by atoms with Gasteiger partial charge in [-0.3, -0.25) is 9.59 Å². The maximum Gasteiger partial charge on any atom is 0.273 e. The third kappa shape index (κ3) is 5.37. The van der Waals surface area contributed by atoms with E-state index in [-0.39, 0.29) is 23.9 Å². The molecule has 7 nitrogen and oxygen atoms in total. The van der Waals surface area contributed by atoms with Crippen LogP contribution in [0.4, 0.5) is 0 Å². The van der Waals surface area contributed by atoms with Crippen molar-refractivity contribution in [2.75, 3.05) is 6.54 Å². The average molecular weight is 402 g/mol. The number of likely N-dealkylation sites (tertiary alicyclic amines) is 1. The van der Waals surface area contributed by atoms with Crippen LogP contribution in [0.15, 0.2) is 6.20 Å². The number of aromatic nitrogens is 3. The van der Waals surface area contributed by atoms with Gasteiger partial charge in [-0.2, -0.15) is 0 Å². The minimum atomic E-state index is -0.130. The van der Waals surface area contributed by atoms with E-state index in [1.54, 1.807) is 10.9 Å². The van der Waals surface area contributed by atoms with E-state index >= 15 is 0 Å². The number of amides is 2. The van der Waals surface area contributed by atoms with Crippen LogP contribution in [-0.2, 0) is 11.3 Å². The summed E-state index contributed by atoms with van der Waals surface area (Å²) in [7, 11) is 0. The molecule has 0 spiro atoms. The molecule has 4 rings (SSSR count). The van der Waals surface area contributed by atoms with E-state index in [2.05, 4.69) is 15.6 Å². The summed E-state index contributed by atoms with van der Waals surface area (Å²) in [4.78, 5) is 27.2. The van der Waals surface area contributed by atoms with Crippen LogP contribution in [0.25, 0.3) is 0 Å². The number of nitrogens with one attached hydrogen (secondary N) is 1. The van der Waals surface area contributed by atoms with Gasteiger partial charge in [-0.1, -0.05) is 50.2 Å². The van der Waals surface area contributed by atoms with E-state index in [9.17, 15) is 9.59 Å². The fourth-order valence-electron chi connectivity index (χ4n) is 5.34. The zero-order valence-electron chi connectivity index (χ0n) is 17.5. The van der Waals surface area contributed by atoms with Crippen molar-refractivity contribution in [1.29, 1.82) is 0 Å². The van der Waals surface area contributed by atoms with E-state index < -0.39 is 0 Å². The lowest BCUT2D eigenvalue weighted by molar-refractivity contribution is -0.132. The first-order chi connectivity index (χ1) is 14.2. The Morgan fingerprint density at radius 1 is 1.00 bits per heavy atom. The smallest absolute Gasteiger partial charge is 0.273 e. The maximum absolute atomic E-state index is 12.8. The van der Waals surface area contributed by atoms with E-state index in [4.69, 9.17) is 0 Å². The molecule has 0 bridgehead atoms. The molecule has 1 N–H and O–H groups in total. The highest BCUT2D eigenvalue weighted by Crippen LogP contribution is 2.28. The number of carbonyl (C=O) groups is 2. The molecule has 3 fully saturated rings. The summed E-state index contributed by atoms with van der Waals surface area (Å²) in [6.45, 7) is 1.47. The normalized spacial score (nSPS) is 23.6. The summed E-state index contributed by atoms with van der Waals surface area (Å²) < 4.78 is 1.74. The summed E-state index contributed by atoms with van der Waals surface area (Å²) in [5, 5.41) is 11.3. The topological polar surface area (TPSA) is 80.1 Å². The van der Waals surface area contributed by atoms with Crippen LogP contribution in [-0.4, -0.2) is 50.3 Å². The first-order valence-corrected chi connectivity index (χ1v) is 11.7. The largest absolute Gasteiger partial charge is 0.348 e. The van der Waals surface area contributed by atoms with Gasteiger partial charge in [-0.15, -0.1) is 5.10 Å².